The Kier molecular flexibility index (Phi) is 6.19. The Morgan fingerprint density at radius 3 is 2.84 bits per heavy atom. The number of hydrogen-bond acceptors (Lipinski definition) is 5. The van der Waals surface area contributed by atoms with Gasteiger partial charge in [0.05, 0.1) is 24.9 Å². The highest BCUT2D eigenvalue weighted by Gasteiger charge is 2.33. The molecule has 0 radical (unpaired) electrons. The number of ether oxygens (including phenoxy) is 1. The molecule has 0 aromatic rings. The van der Waals surface area contributed by atoms with Gasteiger partial charge in [0.25, 0.3) is 0 Å². The molecule has 1 amide bonds. The SMILES string of the molecule is CN(CCCN)C(=O)CN1CC(CO)OC(C)(C)C1. The number of nitrogens with zero attached hydrogens (tertiary/aromatic N) is 2. The average molecular weight is 273 g/mol. The quantitative estimate of drug-likeness (QED) is 0.667. The summed E-state index contributed by atoms with van der Waals surface area (Å²) in [5.41, 5.74) is 5.11. The number of carbonyl (C=O) groups is 1. The smallest absolute Gasteiger partial charge is 0.236 e. The third-order valence-corrected chi connectivity index (χ3v) is 3.24. The van der Waals surface area contributed by atoms with Gasteiger partial charge in [0, 0.05) is 26.7 Å². The van der Waals surface area contributed by atoms with Crippen LogP contribution in [0.15, 0.2) is 0 Å². The molecule has 0 aliphatic carbocycles. The van der Waals surface area contributed by atoms with Crippen LogP contribution in [0.4, 0.5) is 0 Å². The zero-order chi connectivity index (χ0) is 14.5. The summed E-state index contributed by atoms with van der Waals surface area (Å²) < 4.78 is 5.73. The van der Waals surface area contributed by atoms with Gasteiger partial charge in [-0.15, -0.1) is 0 Å². The van der Waals surface area contributed by atoms with Crippen LogP contribution in [0.25, 0.3) is 0 Å². The molecule has 0 spiro atoms. The number of hydrogen-bond donors (Lipinski definition) is 2. The highest BCUT2D eigenvalue weighted by atomic mass is 16.5. The van der Waals surface area contributed by atoms with Crippen molar-refractivity contribution in [2.24, 2.45) is 5.73 Å². The van der Waals surface area contributed by atoms with E-state index in [1.54, 1.807) is 11.9 Å². The van der Waals surface area contributed by atoms with Gasteiger partial charge in [-0.2, -0.15) is 0 Å². The minimum atomic E-state index is -0.332. The number of aliphatic hydroxyl groups is 1. The third kappa shape index (κ3) is 5.44. The van der Waals surface area contributed by atoms with E-state index >= 15 is 0 Å². The van der Waals surface area contributed by atoms with Crippen molar-refractivity contribution in [3.8, 4) is 0 Å². The fourth-order valence-corrected chi connectivity index (χ4v) is 2.40. The van der Waals surface area contributed by atoms with Crippen molar-refractivity contribution in [1.82, 2.24) is 9.80 Å². The summed E-state index contributed by atoms with van der Waals surface area (Å²) in [6.07, 6.45) is 0.599. The lowest BCUT2D eigenvalue weighted by Gasteiger charge is -2.42. The summed E-state index contributed by atoms with van der Waals surface area (Å²) in [7, 11) is 1.80. The number of nitrogens with two attached hydrogens (primary N) is 1. The van der Waals surface area contributed by atoms with Crippen LogP contribution in [0.5, 0.6) is 0 Å². The number of rotatable bonds is 6. The summed E-state index contributed by atoms with van der Waals surface area (Å²) in [6, 6.07) is 0. The van der Waals surface area contributed by atoms with Gasteiger partial charge >= 0.3 is 0 Å². The molecule has 1 aliphatic rings. The van der Waals surface area contributed by atoms with Crippen LogP contribution < -0.4 is 5.73 Å². The molecule has 1 atom stereocenters. The van der Waals surface area contributed by atoms with E-state index in [0.717, 1.165) is 6.42 Å². The summed E-state index contributed by atoms with van der Waals surface area (Å²) in [6.45, 7) is 6.87. The van der Waals surface area contributed by atoms with Crippen LogP contribution in [0.1, 0.15) is 20.3 Å². The van der Waals surface area contributed by atoms with Crippen LogP contribution >= 0.6 is 0 Å². The fourth-order valence-electron chi connectivity index (χ4n) is 2.40. The molecule has 0 aromatic carbocycles. The van der Waals surface area contributed by atoms with Gasteiger partial charge in [-0.3, -0.25) is 9.69 Å². The fraction of sp³-hybridized carbons (Fsp3) is 0.923. The van der Waals surface area contributed by atoms with Crippen molar-refractivity contribution in [2.45, 2.75) is 32.0 Å². The molecular weight excluding hydrogens is 246 g/mol. The van der Waals surface area contributed by atoms with Crippen LogP contribution in [-0.4, -0.2) is 78.9 Å². The first-order chi connectivity index (χ1) is 8.88. The van der Waals surface area contributed by atoms with Gasteiger partial charge in [-0.05, 0) is 26.8 Å². The zero-order valence-electron chi connectivity index (χ0n) is 12.3. The molecule has 19 heavy (non-hydrogen) atoms. The second-order valence-electron chi connectivity index (χ2n) is 5.81. The Balaban J connectivity index is 2.48. The standard InChI is InChI=1S/C13H27N3O3/c1-13(2)10-16(7-11(9-17)19-13)8-12(18)15(3)6-4-5-14/h11,17H,4-10,14H2,1-3H3. The van der Waals surface area contributed by atoms with E-state index in [4.69, 9.17) is 10.5 Å². The maximum Gasteiger partial charge on any atom is 0.236 e. The average Bonchev–Trinajstić information content (AvgIpc) is 2.33. The zero-order valence-corrected chi connectivity index (χ0v) is 12.3. The van der Waals surface area contributed by atoms with E-state index in [1.165, 1.54) is 0 Å². The third-order valence-electron chi connectivity index (χ3n) is 3.24. The number of aliphatic hydroxyl groups excluding tert-OH is 1. The topological polar surface area (TPSA) is 79.0 Å². The lowest BCUT2D eigenvalue weighted by molar-refractivity contribution is -0.156. The highest BCUT2D eigenvalue weighted by Crippen LogP contribution is 2.20. The predicted octanol–water partition coefficient (Wildman–Crippen LogP) is -0.735. The van der Waals surface area contributed by atoms with E-state index in [-0.39, 0.29) is 24.2 Å². The summed E-state index contributed by atoms with van der Waals surface area (Å²) in [5, 5.41) is 9.24. The first-order valence-corrected chi connectivity index (χ1v) is 6.83. The maximum atomic E-state index is 12.1. The predicted molar refractivity (Wildman–Crippen MR) is 73.8 cm³/mol. The molecule has 1 aliphatic heterocycles. The molecule has 1 fully saturated rings. The molecule has 112 valence electrons. The van der Waals surface area contributed by atoms with Gasteiger partial charge in [0.2, 0.25) is 5.91 Å². The lowest BCUT2D eigenvalue weighted by atomic mass is 10.1. The maximum absolute atomic E-state index is 12.1. The molecule has 1 rings (SSSR count). The second-order valence-corrected chi connectivity index (χ2v) is 5.81. The first kappa shape index (κ1) is 16.4. The number of amides is 1. The van der Waals surface area contributed by atoms with Gasteiger partial charge in [-0.1, -0.05) is 0 Å². The van der Waals surface area contributed by atoms with E-state index in [2.05, 4.69) is 0 Å². The molecule has 3 N–H and O–H groups in total. The van der Waals surface area contributed by atoms with Crippen molar-refractivity contribution < 1.29 is 14.6 Å². The monoisotopic (exact) mass is 273 g/mol. The molecule has 1 saturated heterocycles. The molecule has 1 heterocycles. The largest absolute Gasteiger partial charge is 0.394 e. The normalized spacial score (nSPS) is 23.3. The van der Waals surface area contributed by atoms with E-state index < -0.39 is 0 Å². The summed E-state index contributed by atoms with van der Waals surface area (Å²) in [5.74, 6) is 0.0860. The number of carbonyl (C=O) groups excluding carboxylic acids is 1. The Hall–Kier alpha value is -0.690. The first-order valence-electron chi connectivity index (χ1n) is 6.83. The van der Waals surface area contributed by atoms with Gasteiger partial charge < -0.3 is 20.5 Å². The van der Waals surface area contributed by atoms with E-state index in [1.807, 2.05) is 18.7 Å². The van der Waals surface area contributed by atoms with E-state index in [9.17, 15) is 9.90 Å². The Labute approximate surface area is 115 Å². The van der Waals surface area contributed by atoms with Gasteiger partial charge in [0.1, 0.15) is 0 Å². The Morgan fingerprint density at radius 2 is 2.26 bits per heavy atom. The van der Waals surface area contributed by atoms with Crippen LogP contribution in [0, 0.1) is 0 Å². The molecule has 0 saturated carbocycles. The van der Waals surface area contributed by atoms with E-state index in [0.29, 0.717) is 32.7 Å². The van der Waals surface area contributed by atoms with Crippen LogP contribution in [0.3, 0.4) is 0 Å². The summed E-state index contributed by atoms with van der Waals surface area (Å²) >= 11 is 0. The minimum absolute atomic E-state index is 0.0167. The summed E-state index contributed by atoms with van der Waals surface area (Å²) in [4.78, 5) is 15.8. The van der Waals surface area contributed by atoms with Crippen LogP contribution in [-0.2, 0) is 9.53 Å². The number of morpholine rings is 1. The molecule has 6 nitrogen and oxygen atoms in total. The van der Waals surface area contributed by atoms with Gasteiger partial charge in [0.15, 0.2) is 0 Å². The Morgan fingerprint density at radius 1 is 1.58 bits per heavy atom. The molecule has 1 unspecified atom stereocenters. The lowest BCUT2D eigenvalue weighted by Crippen LogP contribution is -2.55. The van der Waals surface area contributed by atoms with Crippen molar-refractivity contribution >= 4 is 5.91 Å². The van der Waals surface area contributed by atoms with Crippen molar-refractivity contribution in [3.05, 3.63) is 0 Å². The second kappa shape index (κ2) is 7.19. The molecular formula is C13H27N3O3. The molecule has 0 bridgehead atoms. The minimum Gasteiger partial charge on any atom is -0.394 e. The van der Waals surface area contributed by atoms with Crippen molar-refractivity contribution in [3.63, 3.8) is 0 Å². The van der Waals surface area contributed by atoms with Crippen molar-refractivity contribution in [1.29, 1.82) is 0 Å². The molecule has 0 aromatic heterocycles. The molecule has 6 heteroatoms. The number of likely N-dealkylation sites (N-methyl/N-ethyl adjacent to an activating group) is 1. The van der Waals surface area contributed by atoms with Gasteiger partial charge in [-0.25, -0.2) is 0 Å². The van der Waals surface area contributed by atoms with Crippen molar-refractivity contribution in [2.75, 3.05) is 46.4 Å². The highest BCUT2D eigenvalue weighted by molar-refractivity contribution is 5.78. The van der Waals surface area contributed by atoms with Crippen LogP contribution in [0.2, 0.25) is 0 Å². The Bertz CT molecular complexity index is 297.